The van der Waals surface area contributed by atoms with Crippen molar-refractivity contribution in [1.29, 1.82) is 0 Å². The monoisotopic (exact) mass is 248 g/mol. The SMILES string of the molecule is CCc1cc2cc(CCCN)ccc2nc1Cl. The molecule has 3 heteroatoms. The number of fused-ring (bicyclic) bond motifs is 1. The van der Waals surface area contributed by atoms with E-state index in [-0.39, 0.29) is 0 Å². The van der Waals surface area contributed by atoms with E-state index in [1.54, 1.807) is 0 Å². The van der Waals surface area contributed by atoms with Crippen molar-refractivity contribution in [3.05, 3.63) is 40.5 Å². The largest absolute Gasteiger partial charge is 0.330 e. The van der Waals surface area contributed by atoms with E-state index in [0.717, 1.165) is 36.9 Å². The van der Waals surface area contributed by atoms with Crippen LogP contribution in [0.15, 0.2) is 24.3 Å². The van der Waals surface area contributed by atoms with Gasteiger partial charge in [0.25, 0.3) is 0 Å². The summed E-state index contributed by atoms with van der Waals surface area (Å²) in [7, 11) is 0. The number of aryl methyl sites for hydroxylation is 2. The number of nitrogens with two attached hydrogens (primary N) is 1. The maximum atomic E-state index is 6.10. The lowest BCUT2D eigenvalue weighted by atomic mass is 10.0. The van der Waals surface area contributed by atoms with Crippen LogP contribution < -0.4 is 5.73 Å². The van der Waals surface area contributed by atoms with Crippen LogP contribution in [0.5, 0.6) is 0 Å². The molecule has 0 aliphatic rings. The van der Waals surface area contributed by atoms with Crippen LogP contribution in [0.2, 0.25) is 5.15 Å². The van der Waals surface area contributed by atoms with E-state index in [1.165, 1.54) is 10.9 Å². The third kappa shape index (κ3) is 2.76. The summed E-state index contributed by atoms with van der Waals surface area (Å²) in [5, 5.41) is 1.79. The molecule has 0 aliphatic carbocycles. The molecular formula is C14H17ClN2. The van der Waals surface area contributed by atoms with Crippen molar-refractivity contribution in [1.82, 2.24) is 4.98 Å². The molecule has 90 valence electrons. The first-order chi connectivity index (χ1) is 8.24. The van der Waals surface area contributed by atoms with Crippen LogP contribution in [0, 0.1) is 0 Å². The second-order valence-corrected chi connectivity index (χ2v) is 4.57. The average Bonchev–Trinajstić information content (AvgIpc) is 2.35. The first-order valence-electron chi connectivity index (χ1n) is 6.02. The summed E-state index contributed by atoms with van der Waals surface area (Å²) in [6.45, 7) is 2.82. The predicted molar refractivity (Wildman–Crippen MR) is 73.5 cm³/mol. The number of hydrogen-bond donors (Lipinski definition) is 1. The van der Waals surface area contributed by atoms with Crippen LogP contribution in [-0.4, -0.2) is 11.5 Å². The molecule has 2 rings (SSSR count). The van der Waals surface area contributed by atoms with E-state index in [1.807, 2.05) is 6.07 Å². The lowest BCUT2D eigenvalue weighted by Gasteiger charge is -2.06. The van der Waals surface area contributed by atoms with Crippen LogP contribution in [0.1, 0.15) is 24.5 Å². The number of aromatic nitrogens is 1. The lowest BCUT2D eigenvalue weighted by Crippen LogP contribution is -2.00. The topological polar surface area (TPSA) is 38.9 Å². The van der Waals surface area contributed by atoms with Gasteiger partial charge in [0, 0.05) is 5.39 Å². The van der Waals surface area contributed by atoms with Gasteiger partial charge in [-0.05, 0) is 55.1 Å². The predicted octanol–water partition coefficient (Wildman–Crippen LogP) is 3.34. The highest BCUT2D eigenvalue weighted by atomic mass is 35.5. The van der Waals surface area contributed by atoms with E-state index in [0.29, 0.717) is 5.15 Å². The fourth-order valence-electron chi connectivity index (χ4n) is 1.96. The number of halogens is 1. The van der Waals surface area contributed by atoms with Gasteiger partial charge in [0.2, 0.25) is 0 Å². The smallest absolute Gasteiger partial charge is 0.132 e. The maximum absolute atomic E-state index is 6.10. The third-order valence-electron chi connectivity index (χ3n) is 2.96. The Hall–Kier alpha value is -1.12. The minimum Gasteiger partial charge on any atom is -0.330 e. The average molecular weight is 249 g/mol. The Morgan fingerprint density at radius 1 is 1.29 bits per heavy atom. The Morgan fingerprint density at radius 2 is 2.12 bits per heavy atom. The van der Waals surface area contributed by atoms with Gasteiger partial charge in [0.05, 0.1) is 5.52 Å². The molecule has 0 amide bonds. The highest BCUT2D eigenvalue weighted by molar-refractivity contribution is 6.30. The number of rotatable bonds is 4. The Labute approximate surface area is 107 Å². The van der Waals surface area contributed by atoms with Gasteiger partial charge < -0.3 is 5.73 Å². The first kappa shape index (κ1) is 12.3. The third-order valence-corrected chi connectivity index (χ3v) is 3.28. The molecule has 1 aromatic heterocycles. The van der Waals surface area contributed by atoms with E-state index in [9.17, 15) is 0 Å². The molecular weight excluding hydrogens is 232 g/mol. The second kappa shape index (κ2) is 5.48. The first-order valence-corrected chi connectivity index (χ1v) is 6.40. The zero-order chi connectivity index (χ0) is 12.3. The fraction of sp³-hybridized carbons (Fsp3) is 0.357. The van der Waals surface area contributed by atoms with E-state index in [2.05, 4.69) is 30.1 Å². The molecule has 0 atom stereocenters. The van der Waals surface area contributed by atoms with Gasteiger partial charge >= 0.3 is 0 Å². The van der Waals surface area contributed by atoms with Crippen molar-refractivity contribution >= 4 is 22.5 Å². The number of nitrogens with zero attached hydrogens (tertiary/aromatic N) is 1. The molecule has 0 bridgehead atoms. The van der Waals surface area contributed by atoms with Gasteiger partial charge in [-0.1, -0.05) is 24.6 Å². The zero-order valence-electron chi connectivity index (χ0n) is 10.0. The number of benzene rings is 1. The van der Waals surface area contributed by atoms with Crippen molar-refractivity contribution in [2.75, 3.05) is 6.54 Å². The number of hydrogen-bond acceptors (Lipinski definition) is 2. The Morgan fingerprint density at radius 3 is 2.82 bits per heavy atom. The molecule has 0 fully saturated rings. The van der Waals surface area contributed by atoms with E-state index < -0.39 is 0 Å². The van der Waals surface area contributed by atoms with Crippen molar-refractivity contribution < 1.29 is 0 Å². The molecule has 0 saturated carbocycles. The van der Waals surface area contributed by atoms with Crippen LogP contribution in [0.25, 0.3) is 10.9 Å². The molecule has 0 unspecified atom stereocenters. The highest BCUT2D eigenvalue weighted by Crippen LogP contribution is 2.22. The van der Waals surface area contributed by atoms with Gasteiger partial charge in [0.15, 0.2) is 0 Å². The Bertz CT molecular complexity index is 523. The maximum Gasteiger partial charge on any atom is 0.132 e. The summed E-state index contributed by atoms with van der Waals surface area (Å²) in [5.41, 5.74) is 8.91. The standard InChI is InChI=1S/C14H17ClN2/c1-2-11-9-12-8-10(4-3-7-16)5-6-13(12)17-14(11)15/h5-6,8-9H,2-4,7,16H2,1H3. The van der Waals surface area contributed by atoms with Crippen molar-refractivity contribution in [2.45, 2.75) is 26.2 Å². The summed E-state index contributed by atoms with van der Waals surface area (Å²) in [5.74, 6) is 0. The molecule has 0 saturated heterocycles. The molecule has 2 N–H and O–H groups in total. The minimum atomic E-state index is 0.620. The normalized spacial score (nSPS) is 11.0. The van der Waals surface area contributed by atoms with Crippen LogP contribution in [-0.2, 0) is 12.8 Å². The molecule has 0 radical (unpaired) electrons. The van der Waals surface area contributed by atoms with Crippen molar-refractivity contribution in [3.8, 4) is 0 Å². The van der Waals surface area contributed by atoms with Crippen LogP contribution >= 0.6 is 11.6 Å². The van der Waals surface area contributed by atoms with E-state index >= 15 is 0 Å². The van der Waals surface area contributed by atoms with Crippen molar-refractivity contribution in [3.63, 3.8) is 0 Å². The molecule has 2 nitrogen and oxygen atoms in total. The van der Waals surface area contributed by atoms with E-state index in [4.69, 9.17) is 17.3 Å². The Kier molecular flexibility index (Phi) is 3.97. The summed E-state index contributed by atoms with van der Waals surface area (Å²) >= 11 is 6.10. The molecule has 0 aliphatic heterocycles. The minimum absolute atomic E-state index is 0.620. The van der Waals surface area contributed by atoms with Crippen LogP contribution in [0.4, 0.5) is 0 Å². The summed E-state index contributed by atoms with van der Waals surface area (Å²) < 4.78 is 0. The van der Waals surface area contributed by atoms with Gasteiger partial charge in [-0.3, -0.25) is 0 Å². The molecule has 0 spiro atoms. The van der Waals surface area contributed by atoms with Gasteiger partial charge in [0.1, 0.15) is 5.15 Å². The quantitative estimate of drug-likeness (QED) is 0.843. The van der Waals surface area contributed by atoms with Crippen molar-refractivity contribution in [2.24, 2.45) is 5.73 Å². The summed E-state index contributed by atoms with van der Waals surface area (Å²) in [6.07, 6.45) is 2.96. The lowest BCUT2D eigenvalue weighted by molar-refractivity contribution is 0.833. The van der Waals surface area contributed by atoms with Gasteiger partial charge in [-0.15, -0.1) is 0 Å². The molecule has 2 aromatic rings. The zero-order valence-corrected chi connectivity index (χ0v) is 10.8. The fourth-order valence-corrected chi connectivity index (χ4v) is 2.24. The molecule has 1 aromatic carbocycles. The highest BCUT2D eigenvalue weighted by Gasteiger charge is 2.04. The number of pyridine rings is 1. The molecule has 17 heavy (non-hydrogen) atoms. The molecule has 1 heterocycles. The van der Waals surface area contributed by atoms with Gasteiger partial charge in [-0.2, -0.15) is 0 Å². The van der Waals surface area contributed by atoms with Crippen LogP contribution in [0.3, 0.4) is 0 Å². The second-order valence-electron chi connectivity index (χ2n) is 4.21. The summed E-state index contributed by atoms with van der Waals surface area (Å²) in [4.78, 5) is 4.41. The van der Waals surface area contributed by atoms with Gasteiger partial charge in [-0.25, -0.2) is 4.98 Å². The summed E-state index contributed by atoms with van der Waals surface area (Å²) in [6, 6.07) is 8.46. The Balaban J connectivity index is 2.41.